The van der Waals surface area contributed by atoms with Gasteiger partial charge in [0.25, 0.3) is 0 Å². The number of carbonyl (C=O) groups is 12. The average Bonchev–Trinajstić information content (AvgIpc) is 3.46. The number of hydrogen-bond acceptors (Lipinski definition) is 14. The van der Waals surface area contributed by atoms with E-state index in [9.17, 15) is 98.4 Å². The zero-order valence-electron chi connectivity index (χ0n) is 37.7. The molecule has 0 aliphatic heterocycles. The summed E-state index contributed by atoms with van der Waals surface area (Å²) in [5, 5.41) is 80.9. The van der Waals surface area contributed by atoms with E-state index in [1.54, 1.807) is 0 Å². The third kappa shape index (κ3) is 7.88. The number of rotatable bonds is 12. The van der Waals surface area contributed by atoms with Crippen molar-refractivity contribution in [1.82, 2.24) is 0 Å². The minimum atomic E-state index is -2.34. The molecule has 0 heterocycles. The molecule has 0 unspecified atom stereocenters. The number of ether oxygens (including phenoxy) is 2. The predicted octanol–water partition coefficient (Wildman–Crippen LogP) is 8.19. The minimum absolute atomic E-state index is 0.121. The van der Waals surface area contributed by atoms with E-state index < -0.39 is 171 Å². The topological polar surface area (TPSA) is 385 Å². The number of carbonyl (C=O) groups excluding carboxylic acids is 4. The van der Waals surface area contributed by atoms with Crippen molar-refractivity contribution in [3.8, 4) is 0 Å². The lowest BCUT2D eigenvalue weighted by Crippen LogP contribution is -2.27. The SMILES string of the molecule is O=C(O)c1c(C(=O)O)c(C(=O)OC(=O)c2c(C(=O)O)c(C(=O)O)c3cc4ccccc4cc3c2C(=O)OC(=O)c2c(C(=O)O)c(C(=O)O)c(C(=O)O)c3cc4ccccc4cc23)c2cc3ccccc3cc2c1C(=O)O. The van der Waals surface area contributed by atoms with Gasteiger partial charge in [-0.15, -0.1) is 0 Å². The molecule has 0 spiro atoms. The van der Waals surface area contributed by atoms with Crippen LogP contribution in [0.3, 0.4) is 0 Å². The monoisotopic (exact) mass is 1030 g/mol. The van der Waals surface area contributed by atoms with E-state index in [2.05, 4.69) is 0 Å². The second-order valence-electron chi connectivity index (χ2n) is 16.5. The fourth-order valence-corrected chi connectivity index (χ4v) is 9.47. The fraction of sp³-hybridized carbons (Fsp3) is 0. The summed E-state index contributed by atoms with van der Waals surface area (Å²) in [6.45, 7) is 0. The van der Waals surface area contributed by atoms with E-state index in [0.717, 1.165) is 36.4 Å². The number of carboxylic acids is 8. The Balaban J connectivity index is 1.33. The molecule has 0 aliphatic rings. The van der Waals surface area contributed by atoms with Gasteiger partial charge >= 0.3 is 71.6 Å². The molecule has 0 bridgehead atoms. The van der Waals surface area contributed by atoms with Gasteiger partial charge < -0.3 is 50.3 Å². The lowest BCUT2D eigenvalue weighted by atomic mass is 9.86. The first-order valence-electron chi connectivity index (χ1n) is 21.5. The van der Waals surface area contributed by atoms with Crippen molar-refractivity contribution in [3.05, 3.63) is 176 Å². The molecule has 22 heteroatoms. The van der Waals surface area contributed by atoms with Crippen LogP contribution in [-0.4, -0.2) is 112 Å². The summed E-state index contributed by atoms with van der Waals surface area (Å²) in [6, 6.07) is 23.8. The van der Waals surface area contributed by atoms with Crippen LogP contribution >= 0.6 is 0 Å². The Morgan fingerprint density at radius 1 is 0.224 bits per heavy atom. The quantitative estimate of drug-likeness (QED) is 0.0324. The van der Waals surface area contributed by atoms with Crippen LogP contribution in [0, 0.1) is 0 Å². The molecule has 8 N–H and O–H groups in total. The van der Waals surface area contributed by atoms with Crippen LogP contribution in [-0.2, 0) is 9.47 Å². The summed E-state index contributed by atoms with van der Waals surface area (Å²) < 4.78 is 10.3. The highest BCUT2D eigenvalue weighted by Crippen LogP contribution is 2.40. The van der Waals surface area contributed by atoms with Gasteiger partial charge in [-0.2, -0.15) is 0 Å². The van der Waals surface area contributed by atoms with Crippen LogP contribution < -0.4 is 0 Å². The first-order chi connectivity index (χ1) is 36.0. The highest BCUT2D eigenvalue weighted by Gasteiger charge is 2.41. The number of benzene rings is 9. The van der Waals surface area contributed by atoms with Gasteiger partial charge in [-0.25, -0.2) is 57.5 Å². The molecule has 9 aromatic carbocycles. The van der Waals surface area contributed by atoms with Gasteiger partial charge in [-0.3, -0.25) is 0 Å². The smallest absolute Gasteiger partial charge is 0.347 e. The van der Waals surface area contributed by atoms with Crippen molar-refractivity contribution < 1.29 is 108 Å². The van der Waals surface area contributed by atoms with Crippen molar-refractivity contribution >= 4 is 136 Å². The Hall–Kier alpha value is -11.4. The number of carboxylic acid groups (broad SMARTS) is 8. The zero-order chi connectivity index (χ0) is 54.9. The second kappa shape index (κ2) is 18.3. The van der Waals surface area contributed by atoms with E-state index >= 15 is 0 Å². The highest BCUT2D eigenvalue weighted by molar-refractivity contribution is 6.31. The number of fused-ring (bicyclic) bond motifs is 6. The Morgan fingerprint density at radius 3 is 0.592 bits per heavy atom. The van der Waals surface area contributed by atoms with Crippen molar-refractivity contribution in [2.75, 3.05) is 0 Å². The second-order valence-corrected chi connectivity index (χ2v) is 16.5. The molecule has 0 fully saturated rings. The standard InChI is InChI=1S/C54H26O22/c55-43(56)31-25-13-19-7-1-4-10-22(19)16-28(25)34(40(49(67)68)37(31)46(61)62)51(71)75-53(73)36-30-18-24-12-6-3-9-21(24)15-27(30)33(45(59)60)39(48(65)66)42(36)54(74)76-52(72)35-29-17-23-11-5-2-8-20(23)14-26(29)32(44(57)58)38(47(63)64)41(35)50(69)70/h1-18H,(H,55,56)(H,57,58)(H,59,60)(H,61,62)(H,63,64)(H,65,66)(H,67,68)(H,69,70). The summed E-state index contributed by atoms with van der Waals surface area (Å²) in [5.41, 5.74) is -16.9. The van der Waals surface area contributed by atoms with E-state index in [-0.39, 0.29) is 32.3 Å². The minimum Gasteiger partial charge on any atom is -0.478 e. The summed E-state index contributed by atoms with van der Waals surface area (Å²) in [5.74, 6) is -26.0. The number of aromatic carboxylic acids is 8. The third-order valence-electron chi connectivity index (χ3n) is 12.4. The zero-order valence-corrected chi connectivity index (χ0v) is 37.7. The molecule has 0 aliphatic carbocycles. The first kappa shape index (κ1) is 49.6. The lowest BCUT2D eigenvalue weighted by Gasteiger charge is -2.19. The molecule has 9 aromatic rings. The van der Waals surface area contributed by atoms with Crippen molar-refractivity contribution in [2.24, 2.45) is 0 Å². The van der Waals surface area contributed by atoms with E-state index in [1.165, 1.54) is 72.8 Å². The van der Waals surface area contributed by atoms with Crippen LogP contribution in [0.4, 0.5) is 0 Å². The molecule has 9 rings (SSSR count). The molecule has 0 aromatic heterocycles. The number of hydrogen-bond donors (Lipinski definition) is 8. The maximum absolute atomic E-state index is 15.0. The lowest BCUT2D eigenvalue weighted by molar-refractivity contribution is 0.0354. The molecule has 22 nitrogen and oxygen atoms in total. The largest absolute Gasteiger partial charge is 0.478 e. The van der Waals surface area contributed by atoms with E-state index in [1.807, 2.05) is 0 Å². The Morgan fingerprint density at radius 2 is 0.382 bits per heavy atom. The molecule has 0 saturated heterocycles. The Bertz CT molecular complexity index is 4330. The van der Waals surface area contributed by atoms with Crippen LogP contribution in [0.5, 0.6) is 0 Å². The Kier molecular flexibility index (Phi) is 11.9. The first-order valence-corrected chi connectivity index (χ1v) is 21.5. The third-order valence-corrected chi connectivity index (χ3v) is 12.4. The van der Waals surface area contributed by atoms with Crippen LogP contribution in [0.15, 0.2) is 109 Å². The maximum Gasteiger partial charge on any atom is 0.347 e. The fourth-order valence-electron chi connectivity index (χ4n) is 9.47. The Labute approximate surface area is 419 Å². The van der Waals surface area contributed by atoms with Gasteiger partial charge in [0.2, 0.25) is 0 Å². The van der Waals surface area contributed by atoms with Gasteiger partial charge in [0, 0.05) is 0 Å². The summed E-state index contributed by atoms with van der Waals surface area (Å²) >= 11 is 0. The molecule has 374 valence electrons. The highest BCUT2D eigenvalue weighted by atomic mass is 16.6. The van der Waals surface area contributed by atoms with Gasteiger partial charge in [0.1, 0.15) is 0 Å². The molecule has 0 atom stereocenters. The van der Waals surface area contributed by atoms with Gasteiger partial charge in [-0.1, -0.05) is 72.8 Å². The molecular weight excluding hydrogens is 1000 g/mol. The van der Waals surface area contributed by atoms with E-state index in [0.29, 0.717) is 0 Å². The van der Waals surface area contributed by atoms with Gasteiger partial charge in [0.15, 0.2) is 0 Å². The van der Waals surface area contributed by atoms with Crippen LogP contribution in [0.2, 0.25) is 0 Å². The predicted molar refractivity (Wildman–Crippen MR) is 260 cm³/mol. The molecule has 0 saturated carbocycles. The van der Waals surface area contributed by atoms with Crippen molar-refractivity contribution in [2.45, 2.75) is 0 Å². The van der Waals surface area contributed by atoms with Crippen molar-refractivity contribution in [1.29, 1.82) is 0 Å². The summed E-state index contributed by atoms with van der Waals surface area (Å²) in [4.78, 5) is 163. The van der Waals surface area contributed by atoms with Crippen LogP contribution in [0.25, 0.3) is 64.6 Å². The normalized spacial score (nSPS) is 11.2. The molecule has 0 radical (unpaired) electrons. The van der Waals surface area contributed by atoms with Gasteiger partial charge in [-0.05, 0) is 101 Å². The molecule has 0 amide bonds. The van der Waals surface area contributed by atoms with Crippen molar-refractivity contribution in [3.63, 3.8) is 0 Å². The maximum atomic E-state index is 15.0. The summed E-state index contributed by atoms with van der Waals surface area (Å²) in [6.07, 6.45) is 0. The average molecular weight is 1030 g/mol. The summed E-state index contributed by atoms with van der Waals surface area (Å²) in [7, 11) is 0. The van der Waals surface area contributed by atoms with E-state index in [4.69, 9.17) is 9.47 Å². The number of esters is 4. The molecular formula is C54H26O22. The van der Waals surface area contributed by atoms with Gasteiger partial charge in [0.05, 0.1) is 66.8 Å². The molecule has 76 heavy (non-hydrogen) atoms. The van der Waals surface area contributed by atoms with Crippen LogP contribution in [0.1, 0.15) is 124 Å².